The Morgan fingerprint density at radius 3 is 2.17 bits per heavy atom. The zero-order valence-corrected chi connectivity index (χ0v) is 30.8. The van der Waals surface area contributed by atoms with Gasteiger partial charge in [-0.05, 0) is 81.2 Å². The first-order valence-electron chi connectivity index (χ1n) is 18.9. The molecular formula is C39H54N6O7. The molecule has 2 aromatic rings. The fraction of sp³-hybridized carbons (Fsp3) is 0.590. The average Bonchev–Trinajstić information content (AvgIpc) is 3.31. The lowest BCUT2D eigenvalue weighted by atomic mass is 9.98. The number of nitrogens with one attached hydrogen (secondary N) is 1. The SMILES string of the molecule is CCOC(=O)CN1CCN(C2CCN(C(=O)[C@@H](Cc3cc(C)c(O)c(C)c3)OC(=O)N3CCC(N4CCc5ccccc5NC4=O)CC3)CC2)CC1. The van der Waals surface area contributed by atoms with E-state index in [0.29, 0.717) is 75.9 Å². The number of urea groups is 1. The highest BCUT2D eigenvalue weighted by molar-refractivity contribution is 5.91. The number of aromatic hydroxyl groups is 1. The molecule has 13 heteroatoms. The highest BCUT2D eigenvalue weighted by Gasteiger charge is 2.37. The second-order valence-electron chi connectivity index (χ2n) is 14.6. The maximum atomic E-state index is 14.1. The number of aryl methyl sites for hydroxylation is 2. The van der Waals surface area contributed by atoms with Crippen LogP contribution in [0.4, 0.5) is 15.3 Å². The van der Waals surface area contributed by atoms with Crippen LogP contribution >= 0.6 is 0 Å². The van der Waals surface area contributed by atoms with Gasteiger partial charge in [0.05, 0.1) is 13.2 Å². The molecule has 0 spiro atoms. The predicted molar refractivity (Wildman–Crippen MR) is 196 cm³/mol. The monoisotopic (exact) mass is 718 g/mol. The molecule has 0 saturated carbocycles. The number of phenolic OH excluding ortho intramolecular Hbond substituents is 1. The number of hydrogen-bond donors (Lipinski definition) is 2. The van der Waals surface area contributed by atoms with E-state index in [1.165, 1.54) is 0 Å². The van der Waals surface area contributed by atoms with Crippen molar-refractivity contribution in [3.63, 3.8) is 0 Å². The van der Waals surface area contributed by atoms with Crippen LogP contribution in [0.5, 0.6) is 5.75 Å². The van der Waals surface area contributed by atoms with E-state index >= 15 is 0 Å². The number of anilines is 1. The number of carbonyl (C=O) groups excluding carboxylic acids is 4. The molecule has 282 valence electrons. The second kappa shape index (κ2) is 17.0. The van der Waals surface area contributed by atoms with Crippen molar-refractivity contribution in [3.8, 4) is 5.75 Å². The number of benzene rings is 2. The summed E-state index contributed by atoms with van der Waals surface area (Å²) in [6, 6.07) is 11.8. The van der Waals surface area contributed by atoms with Crippen LogP contribution in [0.25, 0.3) is 0 Å². The molecule has 4 heterocycles. The van der Waals surface area contributed by atoms with Crippen molar-refractivity contribution in [1.82, 2.24) is 24.5 Å². The minimum atomic E-state index is -1.01. The fourth-order valence-electron chi connectivity index (χ4n) is 8.18. The first kappa shape index (κ1) is 37.4. The summed E-state index contributed by atoms with van der Waals surface area (Å²) < 4.78 is 11.2. The van der Waals surface area contributed by atoms with Crippen LogP contribution in [0.3, 0.4) is 0 Å². The van der Waals surface area contributed by atoms with Crippen LogP contribution in [0.1, 0.15) is 54.9 Å². The number of piperazine rings is 1. The molecule has 0 aromatic heterocycles. The van der Waals surface area contributed by atoms with Gasteiger partial charge in [-0.1, -0.05) is 30.3 Å². The van der Waals surface area contributed by atoms with Crippen molar-refractivity contribution in [2.45, 2.75) is 77.5 Å². The van der Waals surface area contributed by atoms with Gasteiger partial charge in [0.15, 0.2) is 6.10 Å². The van der Waals surface area contributed by atoms with E-state index in [0.717, 1.165) is 62.3 Å². The molecule has 13 nitrogen and oxygen atoms in total. The summed E-state index contributed by atoms with van der Waals surface area (Å²) in [5.74, 6) is -0.170. The molecule has 4 amide bonds. The number of para-hydroxylation sites is 1. The number of rotatable bonds is 9. The van der Waals surface area contributed by atoms with Crippen molar-refractivity contribution in [2.75, 3.05) is 77.4 Å². The molecule has 0 radical (unpaired) electrons. The van der Waals surface area contributed by atoms with Crippen molar-refractivity contribution in [1.29, 1.82) is 0 Å². The maximum Gasteiger partial charge on any atom is 0.410 e. The Hall–Kier alpha value is -4.36. The largest absolute Gasteiger partial charge is 0.507 e. The van der Waals surface area contributed by atoms with Crippen molar-refractivity contribution in [3.05, 3.63) is 58.7 Å². The molecule has 0 aliphatic carbocycles. The Bertz CT molecular complexity index is 1570. The van der Waals surface area contributed by atoms with Crippen LogP contribution in [0.2, 0.25) is 0 Å². The van der Waals surface area contributed by atoms with Crippen LogP contribution < -0.4 is 5.32 Å². The third kappa shape index (κ3) is 8.98. The number of carbonyl (C=O) groups is 4. The molecule has 2 aromatic carbocycles. The number of phenols is 1. The van der Waals surface area contributed by atoms with Gasteiger partial charge in [0.2, 0.25) is 0 Å². The summed E-state index contributed by atoms with van der Waals surface area (Å²) in [7, 11) is 0. The molecule has 0 bridgehead atoms. The first-order chi connectivity index (χ1) is 25.1. The topological polar surface area (TPSA) is 135 Å². The lowest BCUT2D eigenvalue weighted by Crippen LogP contribution is -2.55. The van der Waals surface area contributed by atoms with E-state index in [2.05, 4.69) is 15.1 Å². The smallest absolute Gasteiger partial charge is 0.410 e. The number of esters is 1. The van der Waals surface area contributed by atoms with Crippen molar-refractivity contribution < 1.29 is 33.8 Å². The molecule has 2 N–H and O–H groups in total. The minimum absolute atomic E-state index is 0.000534. The minimum Gasteiger partial charge on any atom is -0.507 e. The molecule has 1 atom stereocenters. The second-order valence-corrected chi connectivity index (χ2v) is 14.6. The predicted octanol–water partition coefficient (Wildman–Crippen LogP) is 3.78. The van der Waals surface area contributed by atoms with Gasteiger partial charge in [0.25, 0.3) is 5.91 Å². The van der Waals surface area contributed by atoms with Gasteiger partial charge >= 0.3 is 18.1 Å². The first-order valence-corrected chi connectivity index (χ1v) is 18.9. The Balaban J connectivity index is 1.05. The highest BCUT2D eigenvalue weighted by Crippen LogP contribution is 2.27. The molecule has 4 aliphatic rings. The standard InChI is InChI=1S/C39H54N6O7/c1-4-51-35(46)26-41-19-21-42(22-20-41)31-10-14-43(15-11-31)37(48)34(25-29-23-27(2)36(47)28(3)24-29)52-39(50)44-16-12-32(13-17-44)45-18-9-30-7-5-6-8-33(30)40-38(45)49/h5-8,23-24,31-32,34,47H,4,9-22,25-26H2,1-3H3,(H,40,49)/t34-/m1/s1. The molecule has 4 aliphatic heterocycles. The van der Waals surface area contributed by atoms with Gasteiger partial charge in [0.1, 0.15) is 5.75 Å². The molecular weight excluding hydrogens is 664 g/mol. The summed E-state index contributed by atoms with van der Waals surface area (Å²) in [5.41, 5.74) is 4.20. The summed E-state index contributed by atoms with van der Waals surface area (Å²) in [4.78, 5) is 62.8. The molecule has 3 saturated heterocycles. The van der Waals surface area contributed by atoms with E-state index in [4.69, 9.17) is 9.47 Å². The van der Waals surface area contributed by atoms with Gasteiger partial charge in [-0.15, -0.1) is 0 Å². The van der Waals surface area contributed by atoms with E-state index in [-0.39, 0.29) is 36.1 Å². The number of amides is 4. The van der Waals surface area contributed by atoms with E-state index in [1.54, 1.807) is 4.90 Å². The van der Waals surface area contributed by atoms with Crippen LogP contribution in [-0.2, 0) is 31.9 Å². The van der Waals surface area contributed by atoms with E-state index in [1.807, 2.05) is 67.0 Å². The van der Waals surface area contributed by atoms with Gasteiger partial charge in [0, 0.05) is 83.1 Å². The fourth-order valence-corrected chi connectivity index (χ4v) is 8.18. The average molecular weight is 719 g/mol. The van der Waals surface area contributed by atoms with Crippen LogP contribution in [0, 0.1) is 13.8 Å². The Morgan fingerprint density at radius 2 is 1.50 bits per heavy atom. The molecule has 3 fully saturated rings. The lowest BCUT2D eigenvalue weighted by Gasteiger charge is -2.43. The van der Waals surface area contributed by atoms with E-state index in [9.17, 15) is 24.3 Å². The summed E-state index contributed by atoms with van der Waals surface area (Å²) >= 11 is 0. The van der Waals surface area contributed by atoms with E-state index < -0.39 is 12.2 Å². The summed E-state index contributed by atoms with van der Waals surface area (Å²) in [6.45, 7) is 12.1. The Kier molecular flexibility index (Phi) is 12.2. The van der Waals surface area contributed by atoms with Gasteiger partial charge in [-0.3, -0.25) is 19.4 Å². The summed E-state index contributed by atoms with van der Waals surface area (Å²) in [6.07, 6.45) is 2.34. The zero-order valence-electron chi connectivity index (χ0n) is 30.8. The molecule has 52 heavy (non-hydrogen) atoms. The number of piperidine rings is 2. The molecule has 6 rings (SSSR count). The third-order valence-electron chi connectivity index (χ3n) is 11.2. The van der Waals surface area contributed by atoms with Crippen LogP contribution in [-0.4, -0.2) is 144 Å². The quantitative estimate of drug-likeness (QED) is 0.372. The van der Waals surface area contributed by atoms with Crippen LogP contribution in [0.15, 0.2) is 36.4 Å². The number of hydrogen-bond acceptors (Lipinski definition) is 9. The maximum absolute atomic E-state index is 14.1. The lowest BCUT2D eigenvalue weighted by molar-refractivity contribution is -0.145. The number of nitrogens with zero attached hydrogens (tertiary/aromatic N) is 5. The van der Waals surface area contributed by atoms with Gasteiger partial charge in [-0.25, -0.2) is 9.59 Å². The number of ether oxygens (including phenoxy) is 2. The van der Waals surface area contributed by atoms with Crippen molar-refractivity contribution in [2.24, 2.45) is 0 Å². The zero-order chi connectivity index (χ0) is 36.8. The van der Waals surface area contributed by atoms with Crippen molar-refractivity contribution >= 4 is 29.7 Å². The number of fused-ring (bicyclic) bond motifs is 1. The summed E-state index contributed by atoms with van der Waals surface area (Å²) in [5, 5.41) is 13.4. The molecule has 0 unspecified atom stereocenters. The third-order valence-corrected chi connectivity index (χ3v) is 11.2. The Labute approximate surface area is 306 Å². The highest BCUT2D eigenvalue weighted by atomic mass is 16.6. The van der Waals surface area contributed by atoms with Gasteiger partial charge < -0.3 is 34.6 Å². The number of likely N-dealkylation sites (tertiary alicyclic amines) is 2. The Morgan fingerprint density at radius 1 is 0.865 bits per heavy atom. The van der Waals surface area contributed by atoms with Gasteiger partial charge in [-0.2, -0.15) is 0 Å². The normalized spacial score (nSPS) is 20.1.